The Kier molecular flexibility index (Phi) is 3.67. The van der Waals surface area contributed by atoms with Gasteiger partial charge in [-0.05, 0) is 30.3 Å². The molecule has 0 unspecified atom stereocenters. The molecule has 0 aromatic heterocycles. The van der Waals surface area contributed by atoms with E-state index in [4.69, 9.17) is 11.0 Å². The van der Waals surface area contributed by atoms with Gasteiger partial charge in [0.05, 0.1) is 5.56 Å². The average Bonchev–Trinajstić information content (AvgIpc) is 2.35. The fourth-order valence-corrected chi connectivity index (χ4v) is 1.94. The Bertz CT molecular complexity index is 657. The number of halogens is 3. The van der Waals surface area contributed by atoms with E-state index >= 15 is 0 Å². The fourth-order valence-electron chi connectivity index (χ4n) is 1.54. The number of nitrogens with zero attached hydrogens (tertiary/aromatic N) is 1. The average molecular weight is 324 g/mol. The largest absolute Gasteiger partial charge is 0.398 e. The number of hydrogen-bond acceptors (Lipinski definition) is 3. The summed E-state index contributed by atoms with van der Waals surface area (Å²) in [6.07, 6.45) is 0. The lowest BCUT2D eigenvalue weighted by Crippen LogP contribution is -1.99. The Labute approximate surface area is 116 Å². The van der Waals surface area contributed by atoms with E-state index in [1.165, 1.54) is 18.2 Å². The number of nitrogens with two attached hydrogens (primary N) is 1. The predicted octanol–water partition coefficient (Wildman–Crippen LogP) is 3.92. The normalized spacial score (nSPS) is 10.0. The summed E-state index contributed by atoms with van der Waals surface area (Å²) in [7, 11) is 0. The number of hydrogen-bond donors (Lipinski definition) is 2. The van der Waals surface area contributed by atoms with Crippen LogP contribution < -0.4 is 11.1 Å². The summed E-state index contributed by atoms with van der Waals surface area (Å²) in [6, 6.07) is 8.65. The Hall–Kier alpha value is -2.13. The van der Waals surface area contributed by atoms with Gasteiger partial charge in [0.25, 0.3) is 0 Å². The van der Waals surface area contributed by atoms with Crippen LogP contribution in [0.4, 0.5) is 25.8 Å². The number of nitrogen functional groups attached to an aromatic ring is 1. The third-order valence-electron chi connectivity index (χ3n) is 2.45. The minimum Gasteiger partial charge on any atom is -0.398 e. The van der Waals surface area contributed by atoms with E-state index in [-0.39, 0.29) is 11.3 Å². The van der Waals surface area contributed by atoms with Crippen molar-refractivity contribution in [1.29, 1.82) is 5.26 Å². The first-order valence-corrected chi connectivity index (χ1v) is 6.01. The van der Waals surface area contributed by atoms with Crippen molar-refractivity contribution in [3.05, 3.63) is 52.0 Å². The Morgan fingerprint density at radius 1 is 1.16 bits per heavy atom. The third kappa shape index (κ3) is 2.83. The van der Waals surface area contributed by atoms with Crippen LogP contribution in [0, 0.1) is 23.0 Å². The molecule has 3 N–H and O–H groups in total. The van der Waals surface area contributed by atoms with Crippen LogP contribution in [0.2, 0.25) is 0 Å². The molecule has 0 aliphatic rings. The monoisotopic (exact) mass is 323 g/mol. The van der Waals surface area contributed by atoms with E-state index in [0.29, 0.717) is 15.8 Å². The van der Waals surface area contributed by atoms with Crippen molar-refractivity contribution in [2.45, 2.75) is 0 Å². The molecule has 2 aromatic carbocycles. The van der Waals surface area contributed by atoms with Gasteiger partial charge in [0, 0.05) is 15.8 Å². The molecule has 0 atom stereocenters. The summed E-state index contributed by atoms with van der Waals surface area (Å²) in [6.45, 7) is 0. The van der Waals surface area contributed by atoms with E-state index in [9.17, 15) is 8.78 Å². The summed E-state index contributed by atoms with van der Waals surface area (Å²) in [4.78, 5) is 0. The molecule has 0 fully saturated rings. The second kappa shape index (κ2) is 5.24. The van der Waals surface area contributed by atoms with E-state index in [0.717, 1.165) is 12.1 Å². The minimum atomic E-state index is -0.734. The predicted molar refractivity (Wildman–Crippen MR) is 72.9 cm³/mol. The summed E-state index contributed by atoms with van der Waals surface area (Å²) in [5.74, 6) is -1.47. The van der Waals surface area contributed by atoms with Crippen molar-refractivity contribution < 1.29 is 8.78 Å². The Balaban J connectivity index is 2.40. The van der Waals surface area contributed by atoms with Crippen molar-refractivity contribution in [1.82, 2.24) is 0 Å². The van der Waals surface area contributed by atoms with Crippen molar-refractivity contribution in [3.63, 3.8) is 0 Å². The van der Waals surface area contributed by atoms with Gasteiger partial charge in [-0.1, -0.05) is 15.9 Å². The molecule has 0 saturated heterocycles. The van der Waals surface area contributed by atoms with Crippen LogP contribution in [0.25, 0.3) is 0 Å². The van der Waals surface area contributed by atoms with Gasteiger partial charge < -0.3 is 11.1 Å². The van der Waals surface area contributed by atoms with E-state index in [1.807, 2.05) is 6.07 Å². The number of anilines is 3. The molecule has 0 saturated carbocycles. The maximum atomic E-state index is 13.6. The summed E-state index contributed by atoms with van der Waals surface area (Å²) >= 11 is 3.00. The molecule has 2 rings (SSSR count). The van der Waals surface area contributed by atoms with Crippen LogP contribution in [0.15, 0.2) is 34.8 Å². The van der Waals surface area contributed by atoms with Gasteiger partial charge in [-0.2, -0.15) is 5.26 Å². The van der Waals surface area contributed by atoms with Gasteiger partial charge in [0.2, 0.25) is 0 Å². The van der Waals surface area contributed by atoms with E-state index < -0.39 is 11.6 Å². The zero-order valence-electron chi connectivity index (χ0n) is 9.55. The first-order chi connectivity index (χ1) is 9.01. The van der Waals surface area contributed by atoms with Crippen molar-refractivity contribution in [3.8, 4) is 6.07 Å². The number of nitrogens with one attached hydrogen (secondary N) is 1. The quantitative estimate of drug-likeness (QED) is 0.823. The SMILES string of the molecule is N#Cc1cc(Nc2c(F)cc(Br)cc2F)ccc1N. The molecule has 2 aromatic rings. The highest BCUT2D eigenvalue weighted by molar-refractivity contribution is 9.10. The highest BCUT2D eigenvalue weighted by Crippen LogP contribution is 2.28. The summed E-state index contributed by atoms with van der Waals surface area (Å²) in [5, 5.41) is 11.4. The van der Waals surface area contributed by atoms with E-state index in [1.54, 1.807) is 0 Å². The molecule has 0 aliphatic heterocycles. The topological polar surface area (TPSA) is 61.8 Å². The first kappa shape index (κ1) is 13.3. The number of nitriles is 1. The highest BCUT2D eigenvalue weighted by atomic mass is 79.9. The lowest BCUT2D eigenvalue weighted by atomic mass is 10.1. The zero-order valence-corrected chi connectivity index (χ0v) is 11.1. The molecule has 6 heteroatoms. The molecule has 0 radical (unpaired) electrons. The van der Waals surface area contributed by atoms with Gasteiger partial charge in [0.15, 0.2) is 11.6 Å². The van der Waals surface area contributed by atoms with Crippen LogP contribution in [0.5, 0.6) is 0 Å². The molecule has 19 heavy (non-hydrogen) atoms. The van der Waals surface area contributed by atoms with E-state index in [2.05, 4.69) is 21.2 Å². The van der Waals surface area contributed by atoms with Crippen LogP contribution >= 0.6 is 15.9 Å². The van der Waals surface area contributed by atoms with Crippen molar-refractivity contribution >= 4 is 33.0 Å². The molecule has 0 spiro atoms. The molecule has 3 nitrogen and oxygen atoms in total. The van der Waals surface area contributed by atoms with Crippen LogP contribution in [0.1, 0.15) is 5.56 Å². The molecule has 96 valence electrons. The van der Waals surface area contributed by atoms with Crippen LogP contribution in [0.3, 0.4) is 0 Å². The molecular formula is C13H8BrF2N3. The molecular weight excluding hydrogens is 316 g/mol. The van der Waals surface area contributed by atoms with Crippen LogP contribution in [-0.2, 0) is 0 Å². The lowest BCUT2D eigenvalue weighted by Gasteiger charge is -2.10. The fraction of sp³-hybridized carbons (Fsp3) is 0. The Morgan fingerprint density at radius 3 is 2.37 bits per heavy atom. The first-order valence-electron chi connectivity index (χ1n) is 5.22. The minimum absolute atomic E-state index is 0.239. The van der Waals surface area contributed by atoms with Crippen molar-refractivity contribution in [2.24, 2.45) is 0 Å². The standard InChI is InChI=1S/C13H8BrF2N3/c14-8-4-10(15)13(11(16)5-8)19-9-1-2-12(18)7(3-9)6-17/h1-5,19H,18H2. The smallest absolute Gasteiger partial charge is 0.150 e. The zero-order chi connectivity index (χ0) is 14.0. The second-order valence-corrected chi connectivity index (χ2v) is 4.70. The van der Waals surface area contributed by atoms with Crippen molar-refractivity contribution in [2.75, 3.05) is 11.1 Å². The highest BCUT2D eigenvalue weighted by Gasteiger charge is 2.11. The summed E-state index contributed by atoms with van der Waals surface area (Å²) in [5.41, 5.74) is 6.22. The third-order valence-corrected chi connectivity index (χ3v) is 2.91. The Morgan fingerprint density at radius 2 is 1.79 bits per heavy atom. The van der Waals surface area contributed by atoms with Gasteiger partial charge in [0.1, 0.15) is 11.8 Å². The molecule has 0 heterocycles. The maximum absolute atomic E-state index is 13.6. The van der Waals surface area contributed by atoms with Crippen LogP contribution in [-0.4, -0.2) is 0 Å². The molecule has 0 amide bonds. The molecule has 0 aliphatic carbocycles. The number of benzene rings is 2. The van der Waals surface area contributed by atoms with Gasteiger partial charge in [-0.25, -0.2) is 8.78 Å². The maximum Gasteiger partial charge on any atom is 0.150 e. The van der Waals surface area contributed by atoms with Gasteiger partial charge in [-0.3, -0.25) is 0 Å². The second-order valence-electron chi connectivity index (χ2n) is 3.78. The summed E-state index contributed by atoms with van der Waals surface area (Å²) < 4.78 is 27.6. The lowest BCUT2D eigenvalue weighted by molar-refractivity contribution is 0.589. The van der Waals surface area contributed by atoms with Gasteiger partial charge in [-0.15, -0.1) is 0 Å². The number of rotatable bonds is 2. The van der Waals surface area contributed by atoms with Gasteiger partial charge >= 0.3 is 0 Å². The molecule has 0 bridgehead atoms.